The Morgan fingerprint density at radius 1 is 1.33 bits per heavy atom. The van der Waals surface area contributed by atoms with E-state index in [0.717, 1.165) is 25.8 Å². The van der Waals surface area contributed by atoms with Crippen LogP contribution in [0.25, 0.3) is 0 Å². The zero-order valence-electron chi connectivity index (χ0n) is 7.97. The van der Waals surface area contributed by atoms with Gasteiger partial charge < -0.3 is 4.90 Å². The van der Waals surface area contributed by atoms with Crippen LogP contribution in [0.3, 0.4) is 0 Å². The quantitative estimate of drug-likeness (QED) is 0.583. The summed E-state index contributed by atoms with van der Waals surface area (Å²) in [5, 5.41) is 0. The lowest BCUT2D eigenvalue weighted by atomic mass is 9.68. The molecule has 0 unspecified atom stereocenters. The average molecular weight is 167 g/mol. The van der Waals surface area contributed by atoms with Gasteiger partial charge in [-0.05, 0) is 33.1 Å². The fourth-order valence-electron chi connectivity index (χ4n) is 2.41. The van der Waals surface area contributed by atoms with Crippen molar-refractivity contribution in [2.24, 2.45) is 5.41 Å². The summed E-state index contributed by atoms with van der Waals surface area (Å²) >= 11 is 0. The minimum Gasteiger partial charge on any atom is -0.340 e. The van der Waals surface area contributed by atoms with Crippen molar-refractivity contribution in [2.75, 3.05) is 6.54 Å². The minimum atomic E-state index is 0.115. The van der Waals surface area contributed by atoms with Crippen LogP contribution in [-0.2, 0) is 4.79 Å². The van der Waals surface area contributed by atoms with E-state index < -0.39 is 0 Å². The highest BCUT2D eigenvalue weighted by Gasteiger charge is 2.50. The number of rotatable bonds is 1. The topological polar surface area (TPSA) is 20.3 Å². The molecule has 1 saturated carbocycles. The molecule has 1 heterocycles. The van der Waals surface area contributed by atoms with Crippen molar-refractivity contribution < 1.29 is 4.79 Å². The van der Waals surface area contributed by atoms with Gasteiger partial charge in [-0.1, -0.05) is 6.42 Å². The maximum absolute atomic E-state index is 11.9. The number of hydrogen-bond donors (Lipinski definition) is 0. The fourth-order valence-corrected chi connectivity index (χ4v) is 2.41. The van der Waals surface area contributed by atoms with Gasteiger partial charge in [0.1, 0.15) is 0 Å². The van der Waals surface area contributed by atoms with Crippen LogP contribution < -0.4 is 0 Å². The van der Waals surface area contributed by atoms with Gasteiger partial charge in [0.05, 0.1) is 5.41 Å². The van der Waals surface area contributed by atoms with Crippen LogP contribution in [0.15, 0.2) is 0 Å². The van der Waals surface area contributed by atoms with Crippen LogP contribution in [0.2, 0.25) is 0 Å². The molecule has 0 atom stereocenters. The zero-order valence-corrected chi connectivity index (χ0v) is 7.97. The third-order valence-corrected chi connectivity index (χ3v) is 3.48. The molecular formula is C10H17NO. The summed E-state index contributed by atoms with van der Waals surface area (Å²) in [5.74, 6) is 0.434. The van der Waals surface area contributed by atoms with Crippen LogP contribution in [0.4, 0.5) is 0 Å². The Balaban J connectivity index is 2.11. The van der Waals surface area contributed by atoms with Gasteiger partial charge in [-0.15, -0.1) is 0 Å². The fraction of sp³-hybridized carbons (Fsp3) is 0.900. The molecule has 2 fully saturated rings. The van der Waals surface area contributed by atoms with Gasteiger partial charge in [-0.25, -0.2) is 0 Å². The van der Waals surface area contributed by atoms with Crippen LogP contribution >= 0.6 is 0 Å². The van der Waals surface area contributed by atoms with E-state index >= 15 is 0 Å². The predicted molar refractivity (Wildman–Crippen MR) is 47.8 cm³/mol. The number of likely N-dealkylation sites (tertiary alicyclic amines) is 1. The molecule has 2 nitrogen and oxygen atoms in total. The third kappa shape index (κ3) is 0.900. The van der Waals surface area contributed by atoms with E-state index in [4.69, 9.17) is 0 Å². The number of nitrogens with zero attached hydrogens (tertiary/aromatic N) is 1. The van der Waals surface area contributed by atoms with Crippen molar-refractivity contribution in [3.63, 3.8) is 0 Å². The number of carbonyl (C=O) groups excluding carboxylic acids is 1. The molecule has 1 saturated heterocycles. The first-order chi connectivity index (χ1) is 5.66. The first-order valence-corrected chi connectivity index (χ1v) is 4.97. The van der Waals surface area contributed by atoms with Gasteiger partial charge in [0.2, 0.25) is 5.91 Å². The second kappa shape index (κ2) is 2.48. The molecule has 0 radical (unpaired) electrons. The number of carbonyl (C=O) groups is 1. The molecule has 0 N–H and O–H groups in total. The molecule has 0 aromatic carbocycles. The number of hydrogen-bond acceptors (Lipinski definition) is 1. The normalized spacial score (nSPS) is 26.9. The highest BCUT2D eigenvalue weighted by molar-refractivity contribution is 5.85. The Hall–Kier alpha value is -0.530. The summed E-state index contributed by atoms with van der Waals surface area (Å²) < 4.78 is 0. The SMILES string of the molecule is CC(C)N1CCC2(CCC2)C1=O. The van der Waals surface area contributed by atoms with Crippen LogP contribution in [-0.4, -0.2) is 23.4 Å². The van der Waals surface area contributed by atoms with Gasteiger partial charge in [0, 0.05) is 12.6 Å². The summed E-state index contributed by atoms with van der Waals surface area (Å²) in [6, 6.07) is 0.400. The first-order valence-electron chi connectivity index (χ1n) is 4.97. The summed E-state index contributed by atoms with van der Waals surface area (Å²) in [6.45, 7) is 5.21. The Labute approximate surface area is 73.9 Å². The first kappa shape index (κ1) is 8.09. The summed E-state index contributed by atoms with van der Waals surface area (Å²) in [6.07, 6.45) is 4.67. The molecule has 1 aliphatic carbocycles. The number of amides is 1. The molecule has 1 aliphatic heterocycles. The highest BCUT2D eigenvalue weighted by atomic mass is 16.2. The van der Waals surface area contributed by atoms with Crippen LogP contribution in [0.1, 0.15) is 39.5 Å². The van der Waals surface area contributed by atoms with Crippen molar-refractivity contribution in [1.29, 1.82) is 0 Å². The smallest absolute Gasteiger partial charge is 0.229 e. The standard InChI is InChI=1S/C10H17NO/c1-8(2)11-7-6-10(9(11)12)4-3-5-10/h8H,3-7H2,1-2H3. The predicted octanol–water partition coefficient (Wildman–Crippen LogP) is 1.80. The Kier molecular flexibility index (Phi) is 1.67. The van der Waals surface area contributed by atoms with E-state index in [1.807, 2.05) is 4.90 Å². The zero-order chi connectivity index (χ0) is 8.77. The van der Waals surface area contributed by atoms with Crippen LogP contribution in [0.5, 0.6) is 0 Å². The van der Waals surface area contributed by atoms with Crippen molar-refractivity contribution in [3.05, 3.63) is 0 Å². The molecule has 0 aromatic heterocycles. The molecule has 2 rings (SSSR count). The largest absolute Gasteiger partial charge is 0.340 e. The van der Waals surface area contributed by atoms with E-state index in [9.17, 15) is 4.79 Å². The molecule has 2 heteroatoms. The Bertz CT molecular complexity index is 206. The van der Waals surface area contributed by atoms with E-state index in [0.29, 0.717) is 11.9 Å². The summed E-state index contributed by atoms with van der Waals surface area (Å²) in [7, 11) is 0. The lowest BCUT2D eigenvalue weighted by Crippen LogP contribution is -2.41. The maximum atomic E-state index is 11.9. The summed E-state index contributed by atoms with van der Waals surface area (Å²) in [4.78, 5) is 13.9. The van der Waals surface area contributed by atoms with Crippen molar-refractivity contribution in [3.8, 4) is 0 Å². The highest BCUT2D eigenvalue weighted by Crippen LogP contribution is 2.49. The van der Waals surface area contributed by atoms with E-state index in [1.54, 1.807) is 0 Å². The molecule has 68 valence electrons. The van der Waals surface area contributed by atoms with Gasteiger partial charge in [0.25, 0.3) is 0 Å². The van der Waals surface area contributed by atoms with Gasteiger partial charge in [-0.2, -0.15) is 0 Å². The van der Waals surface area contributed by atoms with E-state index in [1.165, 1.54) is 6.42 Å². The second-order valence-electron chi connectivity index (χ2n) is 4.48. The lowest BCUT2D eigenvalue weighted by molar-refractivity contribution is -0.141. The van der Waals surface area contributed by atoms with Gasteiger partial charge >= 0.3 is 0 Å². The van der Waals surface area contributed by atoms with E-state index in [-0.39, 0.29) is 5.41 Å². The average Bonchev–Trinajstić information content (AvgIpc) is 2.25. The van der Waals surface area contributed by atoms with E-state index in [2.05, 4.69) is 13.8 Å². The molecule has 0 bridgehead atoms. The van der Waals surface area contributed by atoms with Crippen LogP contribution in [0, 0.1) is 5.41 Å². The molecule has 12 heavy (non-hydrogen) atoms. The minimum absolute atomic E-state index is 0.115. The van der Waals surface area contributed by atoms with Gasteiger partial charge in [0.15, 0.2) is 0 Å². The van der Waals surface area contributed by atoms with Crippen molar-refractivity contribution in [2.45, 2.75) is 45.6 Å². The van der Waals surface area contributed by atoms with Gasteiger partial charge in [-0.3, -0.25) is 4.79 Å². The molecule has 0 aromatic rings. The third-order valence-electron chi connectivity index (χ3n) is 3.48. The molecule has 1 amide bonds. The summed E-state index contributed by atoms with van der Waals surface area (Å²) in [5.41, 5.74) is 0.115. The Morgan fingerprint density at radius 3 is 2.25 bits per heavy atom. The molecule has 1 spiro atoms. The Morgan fingerprint density at radius 2 is 2.00 bits per heavy atom. The van der Waals surface area contributed by atoms with Crippen molar-refractivity contribution >= 4 is 5.91 Å². The maximum Gasteiger partial charge on any atom is 0.229 e. The molecular weight excluding hydrogens is 150 g/mol. The van der Waals surface area contributed by atoms with Crippen molar-refractivity contribution in [1.82, 2.24) is 4.90 Å². The second-order valence-corrected chi connectivity index (χ2v) is 4.48. The lowest BCUT2D eigenvalue weighted by Gasteiger charge is -2.36. The monoisotopic (exact) mass is 167 g/mol. The molecule has 2 aliphatic rings.